The van der Waals surface area contributed by atoms with Crippen LogP contribution in [0.4, 0.5) is 24.7 Å². The number of nitrogens with zero attached hydrogens (tertiary/aromatic N) is 2. The molecule has 0 atom stereocenters. The largest absolute Gasteiger partial charge is 0.390 e. The molecule has 3 nitrogen and oxygen atoms in total. The van der Waals surface area contributed by atoms with Crippen molar-refractivity contribution in [3.05, 3.63) is 18.3 Å². The number of anilines is 2. The van der Waals surface area contributed by atoms with E-state index < -0.39 is 12.6 Å². The van der Waals surface area contributed by atoms with Gasteiger partial charge in [-0.3, -0.25) is 0 Å². The predicted octanol–water partition coefficient (Wildman–Crippen LogP) is 3.29. The second kappa shape index (κ2) is 6.47. The van der Waals surface area contributed by atoms with Crippen LogP contribution in [-0.2, 0) is 0 Å². The molecule has 0 fully saturated rings. The smallest absolute Gasteiger partial charge is 0.374 e. The van der Waals surface area contributed by atoms with Crippen molar-refractivity contribution in [3.63, 3.8) is 0 Å². The summed E-state index contributed by atoms with van der Waals surface area (Å²) >= 11 is 0. The minimum absolute atomic E-state index is 0.0548. The van der Waals surface area contributed by atoms with Crippen molar-refractivity contribution in [1.29, 1.82) is 0 Å². The van der Waals surface area contributed by atoms with Crippen LogP contribution >= 0.6 is 0 Å². The quantitative estimate of drug-likeness (QED) is 0.851. The highest BCUT2D eigenvalue weighted by Crippen LogP contribution is 2.22. The molecule has 1 aromatic heterocycles. The summed E-state index contributed by atoms with van der Waals surface area (Å²) in [5, 5.41) is 3.10. The Morgan fingerprint density at radius 3 is 2.72 bits per heavy atom. The third-order valence-electron chi connectivity index (χ3n) is 2.47. The molecule has 0 unspecified atom stereocenters. The van der Waals surface area contributed by atoms with Gasteiger partial charge in [-0.1, -0.05) is 6.92 Å². The van der Waals surface area contributed by atoms with E-state index in [2.05, 4.69) is 10.3 Å². The zero-order valence-corrected chi connectivity index (χ0v) is 10.6. The number of halogens is 3. The lowest BCUT2D eigenvalue weighted by Gasteiger charge is -2.20. The van der Waals surface area contributed by atoms with E-state index in [1.54, 1.807) is 30.3 Å². The second-order valence-corrected chi connectivity index (χ2v) is 4.11. The molecule has 1 aromatic rings. The Hall–Kier alpha value is -1.46. The minimum Gasteiger partial charge on any atom is -0.374 e. The first-order chi connectivity index (χ1) is 8.42. The van der Waals surface area contributed by atoms with Crippen molar-refractivity contribution in [2.75, 3.05) is 30.4 Å². The van der Waals surface area contributed by atoms with Crippen LogP contribution in [0.25, 0.3) is 0 Å². The lowest BCUT2D eigenvalue weighted by Crippen LogP contribution is -2.24. The maximum atomic E-state index is 12.1. The molecule has 1 heterocycles. The van der Waals surface area contributed by atoms with Gasteiger partial charge in [-0.25, -0.2) is 4.98 Å². The molecule has 1 N–H and O–H groups in total. The number of hydrogen-bond donors (Lipinski definition) is 1. The molecule has 0 aliphatic rings. The van der Waals surface area contributed by atoms with Crippen molar-refractivity contribution in [2.24, 2.45) is 0 Å². The van der Waals surface area contributed by atoms with Crippen LogP contribution in [0.5, 0.6) is 0 Å². The first-order valence-corrected chi connectivity index (χ1v) is 5.90. The van der Waals surface area contributed by atoms with Crippen LogP contribution in [-0.4, -0.2) is 31.3 Å². The highest BCUT2D eigenvalue weighted by atomic mass is 19.4. The highest BCUT2D eigenvalue weighted by molar-refractivity contribution is 5.53. The van der Waals surface area contributed by atoms with Crippen LogP contribution in [0.2, 0.25) is 0 Å². The number of rotatable bonds is 6. The fourth-order valence-corrected chi connectivity index (χ4v) is 1.43. The summed E-state index contributed by atoms with van der Waals surface area (Å²) in [6, 6.07) is 3.46. The molecule has 0 spiro atoms. The number of aromatic nitrogens is 1. The normalized spacial score (nSPS) is 11.4. The molecule has 0 aliphatic heterocycles. The van der Waals surface area contributed by atoms with E-state index in [1.807, 2.05) is 6.92 Å². The summed E-state index contributed by atoms with van der Waals surface area (Å²) in [5.41, 5.74) is 0.729. The zero-order valence-electron chi connectivity index (χ0n) is 10.6. The SMILES string of the molecule is CCCNc1cc(N(C)CCC(F)(F)F)ccn1. The highest BCUT2D eigenvalue weighted by Gasteiger charge is 2.27. The van der Waals surface area contributed by atoms with Gasteiger partial charge in [0.2, 0.25) is 0 Å². The summed E-state index contributed by atoms with van der Waals surface area (Å²) in [6.07, 6.45) is -2.37. The van der Waals surface area contributed by atoms with E-state index in [9.17, 15) is 13.2 Å². The van der Waals surface area contributed by atoms with Crippen LogP contribution in [0, 0.1) is 0 Å². The molecule has 0 saturated carbocycles. The minimum atomic E-state index is -4.12. The van der Waals surface area contributed by atoms with Gasteiger partial charge < -0.3 is 10.2 Å². The molecular formula is C12H18F3N3. The Balaban J connectivity index is 2.59. The predicted molar refractivity (Wildman–Crippen MR) is 67.0 cm³/mol. The maximum Gasteiger partial charge on any atom is 0.390 e. The molecule has 0 aromatic carbocycles. The maximum absolute atomic E-state index is 12.1. The molecule has 1 rings (SSSR count). The Labute approximate surface area is 105 Å². The lowest BCUT2D eigenvalue weighted by atomic mass is 10.3. The number of nitrogens with one attached hydrogen (secondary N) is 1. The summed E-state index contributed by atoms with van der Waals surface area (Å²) in [7, 11) is 1.64. The van der Waals surface area contributed by atoms with Gasteiger partial charge in [0.05, 0.1) is 6.42 Å². The lowest BCUT2D eigenvalue weighted by molar-refractivity contribution is -0.132. The van der Waals surface area contributed by atoms with Gasteiger partial charge in [0.15, 0.2) is 0 Å². The molecule has 18 heavy (non-hydrogen) atoms. The van der Waals surface area contributed by atoms with E-state index in [4.69, 9.17) is 0 Å². The summed E-state index contributed by atoms with van der Waals surface area (Å²) < 4.78 is 36.4. The molecule has 6 heteroatoms. The standard InChI is InChI=1S/C12H18F3N3/c1-3-6-16-11-9-10(4-7-17-11)18(2)8-5-12(13,14)15/h4,7,9H,3,5-6,8H2,1-2H3,(H,16,17). The van der Waals surface area contributed by atoms with Crippen LogP contribution < -0.4 is 10.2 Å². The van der Waals surface area contributed by atoms with Crippen LogP contribution in [0.15, 0.2) is 18.3 Å². The fourth-order valence-electron chi connectivity index (χ4n) is 1.43. The molecule has 0 radical (unpaired) electrons. The second-order valence-electron chi connectivity index (χ2n) is 4.11. The average Bonchev–Trinajstić information content (AvgIpc) is 2.33. The Morgan fingerprint density at radius 1 is 1.39 bits per heavy atom. The monoisotopic (exact) mass is 261 g/mol. The number of alkyl halides is 3. The number of hydrogen-bond acceptors (Lipinski definition) is 3. The average molecular weight is 261 g/mol. The van der Waals surface area contributed by atoms with E-state index in [0.717, 1.165) is 18.7 Å². The molecule has 102 valence electrons. The van der Waals surface area contributed by atoms with Gasteiger partial charge >= 0.3 is 6.18 Å². The summed E-state index contributed by atoms with van der Waals surface area (Å²) in [6.45, 7) is 2.77. The van der Waals surface area contributed by atoms with Gasteiger partial charge in [0, 0.05) is 38.1 Å². The summed E-state index contributed by atoms with van der Waals surface area (Å²) in [4.78, 5) is 5.68. The third kappa shape index (κ3) is 5.25. The summed E-state index contributed by atoms with van der Waals surface area (Å²) in [5.74, 6) is 0.688. The van der Waals surface area contributed by atoms with Crippen LogP contribution in [0.3, 0.4) is 0 Å². The molecule has 0 amide bonds. The van der Waals surface area contributed by atoms with Crippen molar-refractivity contribution in [1.82, 2.24) is 4.98 Å². The molecular weight excluding hydrogens is 243 g/mol. The van der Waals surface area contributed by atoms with Crippen LogP contribution in [0.1, 0.15) is 19.8 Å². The van der Waals surface area contributed by atoms with Gasteiger partial charge in [-0.15, -0.1) is 0 Å². The Morgan fingerprint density at radius 2 is 2.11 bits per heavy atom. The molecule has 0 aliphatic carbocycles. The van der Waals surface area contributed by atoms with Crippen molar-refractivity contribution in [2.45, 2.75) is 25.9 Å². The van der Waals surface area contributed by atoms with Gasteiger partial charge in [-0.05, 0) is 12.5 Å². The van der Waals surface area contributed by atoms with E-state index in [0.29, 0.717) is 5.82 Å². The van der Waals surface area contributed by atoms with Crippen molar-refractivity contribution in [3.8, 4) is 0 Å². The van der Waals surface area contributed by atoms with Gasteiger partial charge in [0.1, 0.15) is 5.82 Å². The van der Waals surface area contributed by atoms with Gasteiger partial charge in [0.25, 0.3) is 0 Å². The zero-order chi connectivity index (χ0) is 13.6. The first-order valence-electron chi connectivity index (χ1n) is 5.90. The first kappa shape index (κ1) is 14.6. The van der Waals surface area contributed by atoms with Crippen molar-refractivity contribution >= 4 is 11.5 Å². The fraction of sp³-hybridized carbons (Fsp3) is 0.583. The Kier molecular flexibility index (Phi) is 5.25. The molecule has 0 bridgehead atoms. The Bertz CT molecular complexity index is 366. The number of pyridine rings is 1. The van der Waals surface area contributed by atoms with E-state index >= 15 is 0 Å². The van der Waals surface area contributed by atoms with E-state index in [-0.39, 0.29) is 6.54 Å². The van der Waals surface area contributed by atoms with Crippen molar-refractivity contribution < 1.29 is 13.2 Å². The topological polar surface area (TPSA) is 28.2 Å². The van der Waals surface area contributed by atoms with Gasteiger partial charge in [-0.2, -0.15) is 13.2 Å². The molecule has 0 saturated heterocycles. The third-order valence-corrected chi connectivity index (χ3v) is 2.47. The van der Waals surface area contributed by atoms with E-state index in [1.165, 1.54) is 0 Å².